The first-order valence-electron chi connectivity index (χ1n) is 21.7. The van der Waals surface area contributed by atoms with E-state index in [2.05, 4.69) is 0 Å². The van der Waals surface area contributed by atoms with Gasteiger partial charge in [0.25, 0.3) is 0 Å². The molecule has 6 rings (SSSR count). The number of Topliss-reactive ketones (excluding diaryl/α,β-unsaturated/α-hetero) is 1. The minimum Gasteiger partial charge on any atom is -1.00 e. The summed E-state index contributed by atoms with van der Waals surface area (Å²) in [5.74, 6) is -11.9. The fraction of sp³-hybridized carbons (Fsp3) is 0.553. The number of hydrogen-bond donors (Lipinski definition) is 1. The van der Waals surface area contributed by atoms with E-state index in [4.69, 9.17) is 38.5 Å². The largest absolute Gasteiger partial charge is 1.00 e. The number of allylic oxidation sites excluding steroid dienone is 1. The van der Waals surface area contributed by atoms with Gasteiger partial charge in [0.2, 0.25) is 11.6 Å². The second-order valence-corrected chi connectivity index (χ2v) is 17.8. The molecule has 0 radical (unpaired) electrons. The van der Waals surface area contributed by atoms with Gasteiger partial charge < -0.3 is 34.8 Å². The Kier molecular flexibility index (Phi) is 27.7. The Bertz CT molecular complexity index is 1950. The van der Waals surface area contributed by atoms with Crippen molar-refractivity contribution < 1.29 is 100.0 Å². The van der Waals surface area contributed by atoms with Gasteiger partial charge in [-0.15, -0.1) is 0 Å². The van der Waals surface area contributed by atoms with Gasteiger partial charge in [-0.2, -0.15) is 17.6 Å². The Morgan fingerprint density at radius 3 is 1.57 bits per heavy atom. The average Bonchev–Trinajstić information content (AvgIpc) is 4.06. The Hall–Kier alpha value is -4.66. The van der Waals surface area contributed by atoms with Crippen LogP contribution >= 0.6 is 8.15 Å². The number of benzene rings is 2. The van der Waals surface area contributed by atoms with E-state index in [1.807, 2.05) is 13.0 Å². The number of alkyl halides is 4. The molecule has 15 nitrogen and oxygen atoms in total. The zero-order valence-corrected chi connectivity index (χ0v) is 39.9. The van der Waals surface area contributed by atoms with Gasteiger partial charge in [0.15, 0.2) is 0 Å². The minimum atomic E-state index is -3.43. The molecule has 4 fully saturated rings. The minimum absolute atomic E-state index is 0. The Morgan fingerprint density at radius 1 is 0.750 bits per heavy atom. The van der Waals surface area contributed by atoms with E-state index in [0.717, 1.165) is 19.5 Å². The fourth-order valence-corrected chi connectivity index (χ4v) is 8.59. The van der Waals surface area contributed by atoms with Crippen LogP contribution in [0.15, 0.2) is 72.8 Å². The number of carbonyl (C=O) groups is 7. The topological polar surface area (TPSA) is 220 Å². The van der Waals surface area contributed by atoms with E-state index in [0.29, 0.717) is 36.8 Å². The molecule has 0 spiro atoms. The van der Waals surface area contributed by atoms with Gasteiger partial charge in [-0.3, -0.25) is 19.2 Å². The van der Waals surface area contributed by atoms with E-state index < -0.39 is 80.1 Å². The van der Waals surface area contributed by atoms with Gasteiger partial charge in [0.1, 0.15) is 30.7 Å². The van der Waals surface area contributed by atoms with Crippen molar-refractivity contribution in [1.29, 1.82) is 0 Å². The average molecular weight is 979 g/mol. The summed E-state index contributed by atoms with van der Waals surface area (Å²) >= 11 is 0. The van der Waals surface area contributed by atoms with E-state index in [1.165, 1.54) is 13.2 Å². The van der Waals surface area contributed by atoms with Gasteiger partial charge in [0, 0.05) is 75.7 Å². The summed E-state index contributed by atoms with van der Waals surface area (Å²) in [4.78, 5) is 95.6. The van der Waals surface area contributed by atoms with Crippen LogP contribution in [-0.4, -0.2) is 110 Å². The maximum atomic E-state index is 14.0. The van der Waals surface area contributed by atoms with Crippen molar-refractivity contribution in [2.24, 2.45) is 23.7 Å². The fourth-order valence-electron chi connectivity index (χ4n) is 7.82. The third-order valence-corrected chi connectivity index (χ3v) is 12.8. The standard InChI is InChI=1S/C22H24F2O5.C15H14O5.C9H17F2O2P.CH4O.Li.O2.H/c1-2-3-11-22(23,24)19(25)10-9-15-16-12-20(26)28-18(16)13-17(15)29-21(27)14-7-5-4-6-8-14;16-8-11-10-6-14(17)19-12(10)7-13(11)20-15(18)9-4-2-1-3-5-9;1-4-5-6-9(10,11)8(12)7-14(3)13-2;1-2;;1-2;/h4-10,15-18H,2-3,11-13H2,1H3;1-5,8,10-13H,6-7H2;4-7H2,1-3H3;2H,1H3;;;/q;;;;+1;;-1/b10-9+;;;;;;/t15-,16-,17-,18?;10-,11-,12?,13?;;;;;/m11...../s1. The number of ketones is 2. The molecule has 2 aliphatic heterocycles. The zero-order valence-electron chi connectivity index (χ0n) is 40.0. The van der Waals surface area contributed by atoms with Crippen molar-refractivity contribution in [3.63, 3.8) is 0 Å². The molecule has 2 aromatic carbocycles. The quantitative estimate of drug-likeness (QED) is 0.0380. The number of aliphatic hydroxyl groups is 1. The normalized spacial score (nSPS) is 23.6. The van der Waals surface area contributed by atoms with Crippen molar-refractivity contribution >= 4 is 49.9 Å². The molecule has 68 heavy (non-hydrogen) atoms. The number of halogens is 4. The molecule has 0 amide bonds. The second-order valence-electron chi connectivity index (χ2n) is 15.9. The Balaban J connectivity index is 0.00000101. The van der Waals surface area contributed by atoms with Crippen molar-refractivity contribution in [2.45, 2.75) is 114 Å². The van der Waals surface area contributed by atoms with Crippen LogP contribution in [0.2, 0.25) is 0 Å². The van der Waals surface area contributed by atoms with Gasteiger partial charge in [-0.05, 0) is 49.8 Å². The van der Waals surface area contributed by atoms with Crippen LogP contribution < -0.4 is 18.9 Å². The first kappa shape index (κ1) is 61.4. The van der Waals surface area contributed by atoms with E-state index in [-0.39, 0.29) is 88.4 Å². The number of hydrogen-bond acceptors (Lipinski definition) is 15. The second kappa shape index (κ2) is 30.7. The maximum Gasteiger partial charge on any atom is 1.00 e. The molecule has 2 saturated carbocycles. The predicted octanol–water partition coefficient (Wildman–Crippen LogP) is 5.32. The number of esters is 4. The third kappa shape index (κ3) is 18.3. The maximum absolute atomic E-state index is 14.0. The summed E-state index contributed by atoms with van der Waals surface area (Å²) in [5.41, 5.74) is 0.817. The van der Waals surface area contributed by atoms with Crippen molar-refractivity contribution in [1.82, 2.24) is 0 Å². The van der Waals surface area contributed by atoms with Crippen LogP contribution in [0, 0.1) is 33.6 Å². The molecule has 1 N–H and O–H groups in total. The monoisotopic (exact) mass is 978 g/mol. The molecular weight excluding hydrogens is 918 g/mol. The third-order valence-electron chi connectivity index (χ3n) is 11.4. The molecule has 0 aromatic heterocycles. The van der Waals surface area contributed by atoms with Crippen LogP contribution in [0.5, 0.6) is 0 Å². The summed E-state index contributed by atoms with van der Waals surface area (Å²) < 4.78 is 80.4. The van der Waals surface area contributed by atoms with E-state index >= 15 is 0 Å². The molecule has 0 bridgehead atoms. The smallest absolute Gasteiger partial charge is 1.00 e. The molecule has 2 aliphatic carbocycles. The van der Waals surface area contributed by atoms with E-state index in [9.17, 15) is 51.1 Å². The first-order valence-corrected chi connectivity index (χ1v) is 23.6. The van der Waals surface area contributed by atoms with Crippen LogP contribution in [-0.2, 0) is 47.4 Å². The molecule has 9 atom stereocenters. The summed E-state index contributed by atoms with van der Waals surface area (Å²) in [5, 5.41) is 7.00. The van der Waals surface area contributed by atoms with Gasteiger partial charge in [-0.25, -0.2) is 9.59 Å². The van der Waals surface area contributed by atoms with Gasteiger partial charge in [0.05, 0.1) is 36.0 Å². The Labute approximate surface area is 407 Å². The molecule has 372 valence electrons. The molecule has 4 unspecified atom stereocenters. The van der Waals surface area contributed by atoms with E-state index in [1.54, 1.807) is 68.2 Å². The number of aliphatic hydroxyl groups excluding tert-OH is 1. The molecule has 4 aliphatic rings. The van der Waals surface area contributed by atoms with Crippen LogP contribution in [0.25, 0.3) is 0 Å². The number of aldehydes is 1. The predicted molar refractivity (Wildman–Crippen MR) is 238 cm³/mol. The SMILES string of the molecule is CCCCC(F)(F)C(=O)/C=C/[C@H]1[C@H](OC(=O)c2ccccc2)CC2OC(=O)C[C@@H]21.CCCCC(F)(F)C(=O)CP(C)OC.CO.O=C[C@H]1C(OC(=O)c2ccccc2)CC2OC(=O)C[C@@H]21.O=O.[H-].[Li+]. The van der Waals surface area contributed by atoms with Crippen LogP contribution in [0.3, 0.4) is 0 Å². The summed E-state index contributed by atoms with van der Waals surface area (Å²) in [6.45, 7) is 5.27. The zero-order chi connectivity index (χ0) is 50.3. The number of fused-ring (bicyclic) bond motifs is 2. The molecule has 2 saturated heterocycles. The summed E-state index contributed by atoms with van der Waals surface area (Å²) in [6, 6.07) is 17.0. The van der Waals surface area contributed by atoms with Crippen LogP contribution in [0.4, 0.5) is 17.6 Å². The van der Waals surface area contributed by atoms with Crippen molar-refractivity contribution in [3.05, 3.63) is 93.9 Å². The Morgan fingerprint density at radius 2 is 1.16 bits per heavy atom. The number of carbonyl (C=O) groups excluding carboxylic acids is 7. The summed E-state index contributed by atoms with van der Waals surface area (Å²) in [6.07, 6.45) is 3.00. The molecule has 21 heteroatoms. The number of ether oxygens (including phenoxy) is 4. The molecule has 2 aromatic rings. The van der Waals surface area contributed by atoms with Crippen molar-refractivity contribution in [3.8, 4) is 0 Å². The van der Waals surface area contributed by atoms with Crippen LogP contribution in [0.1, 0.15) is 100 Å². The summed E-state index contributed by atoms with van der Waals surface area (Å²) in [7, 11) is 1.41. The number of rotatable bonds is 18. The molecule has 2 heterocycles. The number of unbranched alkanes of at least 4 members (excludes halogenated alkanes) is 2. The van der Waals surface area contributed by atoms with Gasteiger partial charge in [-0.1, -0.05) is 69.2 Å². The molecular formula is C47H60F4LiO15P. The van der Waals surface area contributed by atoms with Crippen molar-refractivity contribution in [2.75, 3.05) is 27.0 Å². The first-order chi connectivity index (χ1) is 31.9. The van der Waals surface area contributed by atoms with Gasteiger partial charge >= 0.3 is 54.6 Å².